The number of pyridine rings is 2. The van der Waals surface area contributed by atoms with Gasteiger partial charge in [-0.3, -0.25) is 4.98 Å². The van der Waals surface area contributed by atoms with Crippen LogP contribution in [-0.2, 0) is 13.1 Å². The predicted molar refractivity (Wildman–Crippen MR) is 73.3 cm³/mol. The van der Waals surface area contributed by atoms with E-state index in [1.54, 1.807) is 19.5 Å². The quantitative estimate of drug-likeness (QED) is 0.922. The highest BCUT2D eigenvalue weighted by atomic mass is 79.9. The van der Waals surface area contributed by atoms with Gasteiger partial charge in [-0.2, -0.15) is 0 Å². The van der Waals surface area contributed by atoms with Gasteiger partial charge >= 0.3 is 0 Å². The molecule has 0 unspecified atom stereocenters. The highest BCUT2D eigenvalue weighted by molar-refractivity contribution is 9.10. The van der Waals surface area contributed by atoms with Crippen molar-refractivity contribution in [2.75, 3.05) is 7.11 Å². The average Bonchev–Trinajstić information content (AvgIpc) is 2.41. The fourth-order valence-electron chi connectivity index (χ4n) is 1.52. The van der Waals surface area contributed by atoms with Crippen molar-refractivity contribution in [1.82, 2.24) is 15.3 Å². The van der Waals surface area contributed by atoms with E-state index >= 15 is 0 Å². The van der Waals surface area contributed by atoms with E-state index in [-0.39, 0.29) is 0 Å². The minimum atomic E-state index is 0.635. The molecule has 94 valence electrons. The van der Waals surface area contributed by atoms with E-state index in [4.69, 9.17) is 4.74 Å². The van der Waals surface area contributed by atoms with Crippen LogP contribution in [0.1, 0.15) is 11.3 Å². The molecular weight excluding hydrogens is 294 g/mol. The van der Waals surface area contributed by atoms with Crippen molar-refractivity contribution < 1.29 is 4.74 Å². The first-order valence-corrected chi connectivity index (χ1v) is 6.37. The highest BCUT2D eigenvalue weighted by Crippen LogP contribution is 2.09. The number of aromatic nitrogens is 2. The van der Waals surface area contributed by atoms with Crippen LogP contribution in [0.2, 0.25) is 0 Å². The topological polar surface area (TPSA) is 47.0 Å². The summed E-state index contributed by atoms with van der Waals surface area (Å²) >= 11 is 3.36. The van der Waals surface area contributed by atoms with Crippen LogP contribution >= 0.6 is 15.9 Å². The van der Waals surface area contributed by atoms with Crippen LogP contribution < -0.4 is 10.1 Å². The zero-order chi connectivity index (χ0) is 12.8. The molecular formula is C13H14BrN3O. The van der Waals surface area contributed by atoms with Crippen molar-refractivity contribution in [2.24, 2.45) is 0 Å². The van der Waals surface area contributed by atoms with Gasteiger partial charge < -0.3 is 10.1 Å². The smallest absolute Gasteiger partial charge is 0.213 e. The molecule has 1 N–H and O–H groups in total. The fourth-order valence-corrected chi connectivity index (χ4v) is 1.75. The Morgan fingerprint density at radius 2 is 2.11 bits per heavy atom. The number of hydrogen-bond acceptors (Lipinski definition) is 4. The van der Waals surface area contributed by atoms with Crippen molar-refractivity contribution in [3.05, 3.63) is 52.4 Å². The van der Waals surface area contributed by atoms with Crippen LogP contribution in [0.15, 0.2) is 41.1 Å². The lowest BCUT2D eigenvalue weighted by atomic mass is 10.2. The summed E-state index contributed by atoms with van der Waals surface area (Å²) in [6.45, 7) is 1.49. The first-order chi connectivity index (χ1) is 8.78. The number of methoxy groups -OCH3 is 1. The Labute approximate surface area is 115 Å². The van der Waals surface area contributed by atoms with Gasteiger partial charge in [0.25, 0.3) is 0 Å². The van der Waals surface area contributed by atoms with Crippen molar-refractivity contribution >= 4 is 15.9 Å². The van der Waals surface area contributed by atoms with Crippen LogP contribution in [0.3, 0.4) is 0 Å². The van der Waals surface area contributed by atoms with Crippen molar-refractivity contribution in [3.8, 4) is 5.88 Å². The second-order valence-electron chi connectivity index (χ2n) is 3.78. The molecule has 0 bridgehead atoms. The van der Waals surface area contributed by atoms with E-state index in [1.165, 1.54) is 0 Å². The first kappa shape index (κ1) is 13.0. The van der Waals surface area contributed by atoms with Gasteiger partial charge in [-0.25, -0.2) is 4.98 Å². The third-order valence-electron chi connectivity index (χ3n) is 2.43. The maximum Gasteiger partial charge on any atom is 0.213 e. The molecule has 0 aliphatic rings. The number of halogens is 1. The number of ether oxygens (including phenoxy) is 1. The summed E-state index contributed by atoms with van der Waals surface area (Å²) in [6, 6.07) is 7.86. The molecule has 0 spiro atoms. The third-order valence-corrected chi connectivity index (χ3v) is 2.90. The van der Waals surface area contributed by atoms with Gasteiger partial charge in [0.1, 0.15) is 0 Å². The Kier molecular flexibility index (Phi) is 4.66. The van der Waals surface area contributed by atoms with E-state index < -0.39 is 0 Å². The lowest BCUT2D eigenvalue weighted by Gasteiger charge is -2.06. The van der Waals surface area contributed by atoms with E-state index in [9.17, 15) is 0 Å². The summed E-state index contributed by atoms with van der Waals surface area (Å²) in [5.74, 6) is 0.635. The summed E-state index contributed by atoms with van der Waals surface area (Å²) in [5.41, 5.74) is 2.15. The van der Waals surface area contributed by atoms with Gasteiger partial charge in [0, 0.05) is 36.0 Å². The number of hydrogen-bond donors (Lipinski definition) is 1. The third kappa shape index (κ3) is 3.78. The molecule has 0 radical (unpaired) electrons. The van der Waals surface area contributed by atoms with Gasteiger partial charge in [-0.05, 0) is 39.7 Å². The summed E-state index contributed by atoms with van der Waals surface area (Å²) in [7, 11) is 1.62. The van der Waals surface area contributed by atoms with Crippen molar-refractivity contribution in [3.63, 3.8) is 0 Å². The van der Waals surface area contributed by atoms with Crippen LogP contribution in [-0.4, -0.2) is 17.1 Å². The van der Waals surface area contributed by atoms with E-state index in [0.29, 0.717) is 5.88 Å². The Morgan fingerprint density at radius 1 is 1.22 bits per heavy atom. The normalized spacial score (nSPS) is 10.3. The molecule has 0 aliphatic heterocycles. The monoisotopic (exact) mass is 307 g/mol. The summed E-state index contributed by atoms with van der Waals surface area (Å²) < 4.78 is 6.07. The minimum absolute atomic E-state index is 0.635. The molecule has 2 aromatic heterocycles. The molecule has 0 atom stereocenters. The minimum Gasteiger partial charge on any atom is -0.481 e. The van der Waals surface area contributed by atoms with Crippen molar-refractivity contribution in [2.45, 2.75) is 13.1 Å². The zero-order valence-corrected chi connectivity index (χ0v) is 11.6. The maximum absolute atomic E-state index is 5.08. The maximum atomic E-state index is 5.08. The van der Waals surface area contributed by atoms with Gasteiger partial charge in [0.2, 0.25) is 5.88 Å². The largest absolute Gasteiger partial charge is 0.481 e. The van der Waals surface area contributed by atoms with E-state index in [2.05, 4.69) is 31.2 Å². The van der Waals surface area contributed by atoms with Gasteiger partial charge in [-0.1, -0.05) is 0 Å². The number of rotatable bonds is 5. The van der Waals surface area contributed by atoms with Crippen LogP contribution in [0.5, 0.6) is 5.88 Å². The molecule has 0 saturated carbocycles. The number of nitrogens with zero attached hydrogens (tertiary/aromatic N) is 2. The van der Waals surface area contributed by atoms with Crippen LogP contribution in [0.4, 0.5) is 0 Å². The predicted octanol–water partition coefficient (Wildman–Crippen LogP) is 2.54. The van der Waals surface area contributed by atoms with Crippen molar-refractivity contribution in [1.29, 1.82) is 0 Å². The lowest BCUT2D eigenvalue weighted by molar-refractivity contribution is 0.397. The molecule has 5 heteroatoms. The Hall–Kier alpha value is -1.46. The Balaban J connectivity index is 1.86. The first-order valence-electron chi connectivity index (χ1n) is 5.58. The molecule has 4 nitrogen and oxygen atoms in total. The summed E-state index contributed by atoms with van der Waals surface area (Å²) in [4.78, 5) is 8.36. The van der Waals surface area contributed by atoms with Gasteiger partial charge in [0.05, 0.1) is 12.8 Å². The summed E-state index contributed by atoms with van der Waals surface area (Å²) in [5, 5.41) is 3.33. The molecule has 0 aliphatic carbocycles. The lowest BCUT2D eigenvalue weighted by Crippen LogP contribution is -2.13. The highest BCUT2D eigenvalue weighted by Gasteiger charge is 1.98. The zero-order valence-electron chi connectivity index (χ0n) is 10.1. The Morgan fingerprint density at radius 3 is 2.83 bits per heavy atom. The molecule has 0 aromatic carbocycles. The molecule has 0 fully saturated rings. The molecule has 18 heavy (non-hydrogen) atoms. The van der Waals surface area contributed by atoms with E-state index in [1.807, 2.05) is 24.3 Å². The standard InChI is InChI=1S/C13H14BrN3O/c1-18-13-6-10(4-5-16-13)7-15-9-12-3-2-11(14)8-17-12/h2-6,8,15H,7,9H2,1H3. The molecule has 0 amide bonds. The molecule has 2 aromatic rings. The van der Waals surface area contributed by atoms with Gasteiger partial charge in [0.15, 0.2) is 0 Å². The molecule has 0 saturated heterocycles. The Bertz CT molecular complexity index is 502. The average molecular weight is 308 g/mol. The second-order valence-corrected chi connectivity index (χ2v) is 4.69. The van der Waals surface area contributed by atoms with Crippen LogP contribution in [0, 0.1) is 0 Å². The fraction of sp³-hybridized carbons (Fsp3) is 0.231. The summed E-state index contributed by atoms with van der Waals surface area (Å²) in [6.07, 6.45) is 3.54. The second kappa shape index (κ2) is 6.47. The molecule has 2 rings (SSSR count). The van der Waals surface area contributed by atoms with Crippen LogP contribution in [0.25, 0.3) is 0 Å². The SMILES string of the molecule is COc1cc(CNCc2ccc(Br)cn2)ccn1. The number of nitrogens with one attached hydrogen (secondary N) is 1. The van der Waals surface area contributed by atoms with E-state index in [0.717, 1.165) is 28.8 Å². The van der Waals surface area contributed by atoms with Gasteiger partial charge in [-0.15, -0.1) is 0 Å². The molecule has 2 heterocycles.